The van der Waals surface area contributed by atoms with E-state index < -0.39 is 11.9 Å². The molecule has 4 atom stereocenters. The summed E-state index contributed by atoms with van der Waals surface area (Å²) in [6, 6.07) is 13.9. The average Bonchev–Trinajstić information content (AvgIpc) is 3.15. The number of nitrogens with one attached hydrogen (secondary N) is 1. The minimum Gasteiger partial charge on any atom is -0.473 e. The van der Waals surface area contributed by atoms with Crippen molar-refractivity contribution in [3.8, 4) is 0 Å². The van der Waals surface area contributed by atoms with Crippen LogP contribution in [0.5, 0.6) is 0 Å². The van der Waals surface area contributed by atoms with Crippen molar-refractivity contribution >= 4 is 17.7 Å². The summed E-state index contributed by atoms with van der Waals surface area (Å²) in [6.45, 7) is 3.97. The van der Waals surface area contributed by atoms with E-state index in [2.05, 4.69) is 17.4 Å². The summed E-state index contributed by atoms with van der Waals surface area (Å²) >= 11 is 0. The van der Waals surface area contributed by atoms with Crippen molar-refractivity contribution in [3.05, 3.63) is 60.1 Å². The number of hydrogen-bond donors (Lipinski definition) is 3. The number of carbonyl (C=O) groups excluding carboxylic acids is 1. The molecule has 138 valence electrons. The fourth-order valence-corrected chi connectivity index (χ4v) is 3.07. The molecule has 26 heavy (non-hydrogen) atoms. The van der Waals surface area contributed by atoms with Crippen molar-refractivity contribution in [2.75, 3.05) is 0 Å². The number of furan rings is 1. The van der Waals surface area contributed by atoms with Gasteiger partial charge >= 0.3 is 11.9 Å². The molecular weight excluding hydrogens is 338 g/mol. The van der Waals surface area contributed by atoms with Gasteiger partial charge in [-0.3, -0.25) is 10.1 Å². The number of ketones is 1. The summed E-state index contributed by atoms with van der Waals surface area (Å²) in [5.74, 6) is -2.63. The minimum atomic E-state index is -1.82. The number of carboxylic acid groups (broad SMARTS) is 2. The first-order valence-corrected chi connectivity index (χ1v) is 8.17. The predicted octanol–water partition coefficient (Wildman–Crippen LogP) is 2.66. The van der Waals surface area contributed by atoms with E-state index in [1.54, 1.807) is 6.26 Å². The van der Waals surface area contributed by atoms with Crippen LogP contribution in [0.1, 0.15) is 37.3 Å². The normalized spacial score (nSPS) is 25.1. The summed E-state index contributed by atoms with van der Waals surface area (Å²) < 4.78 is 5.50. The molecule has 0 unspecified atom stereocenters. The maximum absolute atomic E-state index is 12.5. The zero-order valence-electron chi connectivity index (χ0n) is 14.5. The Kier molecular flexibility index (Phi) is 6.30. The van der Waals surface area contributed by atoms with Gasteiger partial charge in [0.1, 0.15) is 11.5 Å². The molecular formula is C19H21NO6. The van der Waals surface area contributed by atoms with E-state index in [9.17, 15) is 4.79 Å². The van der Waals surface area contributed by atoms with Gasteiger partial charge in [0, 0.05) is 17.9 Å². The standard InChI is InChI=1S/C17H19NO2.C2H2O4/c1-11-15(13-7-4-3-5-8-13)18-16(12(2)17(11)19)14-9-6-10-20-14;3-1(4)2(5)6/h3-12,15-16,18H,1-2H3;(H,3,4)(H,5,6)/t11-,12+,15+,16-;/m0./s1. The molecule has 1 fully saturated rings. The Morgan fingerprint density at radius 2 is 1.50 bits per heavy atom. The van der Waals surface area contributed by atoms with Crippen LogP contribution in [0.15, 0.2) is 53.1 Å². The first kappa shape index (κ1) is 19.4. The number of benzene rings is 1. The van der Waals surface area contributed by atoms with E-state index in [4.69, 9.17) is 24.2 Å². The maximum Gasteiger partial charge on any atom is 0.414 e. The summed E-state index contributed by atoms with van der Waals surface area (Å²) in [4.78, 5) is 30.7. The fourth-order valence-electron chi connectivity index (χ4n) is 3.07. The van der Waals surface area contributed by atoms with Crippen LogP contribution in [0.4, 0.5) is 0 Å². The smallest absolute Gasteiger partial charge is 0.414 e. The molecule has 0 saturated carbocycles. The number of piperidine rings is 1. The Bertz CT molecular complexity index is 744. The summed E-state index contributed by atoms with van der Waals surface area (Å²) in [6.07, 6.45) is 1.66. The van der Waals surface area contributed by atoms with E-state index in [1.165, 1.54) is 0 Å². The lowest BCUT2D eigenvalue weighted by molar-refractivity contribution is -0.159. The van der Waals surface area contributed by atoms with Gasteiger partial charge < -0.3 is 14.6 Å². The van der Waals surface area contributed by atoms with Crippen molar-refractivity contribution in [2.45, 2.75) is 25.9 Å². The van der Waals surface area contributed by atoms with Crippen LogP contribution < -0.4 is 5.32 Å². The first-order chi connectivity index (χ1) is 12.3. The van der Waals surface area contributed by atoms with Crippen molar-refractivity contribution in [3.63, 3.8) is 0 Å². The molecule has 1 aliphatic rings. The number of carboxylic acids is 2. The summed E-state index contributed by atoms with van der Waals surface area (Å²) in [5, 5.41) is 18.4. The van der Waals surface area contributed by atoms with Crippen LogP contribution in [0.3, 0.4) is 0 Å². The molecule has 0 amide bonds. The number of aliphatic carboxylic acids is 2. The van der Waals surface area contributed by atoms with Gasteiger partial charge in [0.05, 0.1) is 12.3 Å². The number of Topliss-reactive ketones (excluding diaryl/α,β-unsaturated/α-hetero) is 1. The Hall–Kier alpha value is -2.93. The second-order valence-electron chi connectivity index (χ2n) is 6.14. The molecule has 0 aliphatic carbocycles. The van der Waals surface area contributed by atoms with Crippen LogP contribution in [-0.4, -0.2) is 27.9 Å². The Balaban J connectivity index is 0.000000352. The van der Waals surface area contributed by atoms with Gasteiger partial charge in [0.2, 0.25) is 0 Å². The minimum absolute atomic E-state index is 0.0291. The monoisotopic (exact) mass is 359 g/mol. The zero-order valence-corrected chi connectivity index (χ0v) is 14.5. The second-order valence-corrected chi connectivity index (χ2v) is 6.14. The van der Waals surface area contributed by atoms with Crippen LogP contribution in [0.2, 0.25) is 0 Å². The van der Waals surface area contributed by atoms with E-state index in [1.807, 2.05) is 44.2 Å². The van der Waals surface area contributed by atoms with Gasteiger partial charge in [-0.05, 0) is 17.7 Å². The van der Waals surface area contributed by atoms with Gasteiger partial charge in [-0.2, -0.15) is 0 Å². The molecule has 0 bridgehead atoms. The SMILES string of the molecule is C[C@@H]1C(=O)[C@H](C)[C@@H](c2ccco2)N[C@H]1c1ccccc1.O=C(O)C(=O)O. The highest BCUT2D eigenvalue weighted by Crippen LogP contribution is 2.38. The number of hydrogen-bond acceptors (Lipinski definition) is 5. The topological polar surface area (TPSA) is 117 Å². The summed E-state index contributed by atoms with van der Waals surface area (Å²) in [5.41, 5.74) is 1.15. The van der Waals surface area contributed by atoms with Gasteiger partial charge in [-0.1, -0.05) is 44.2 Å². The molecule has 2 aromatic rings. The van der Waals surface area contributed by atoms with E-state index >= 15 is 0 Å². The van der Waals surface area contributed by atoms with E-state index in [0.29, 0.717) is 5.78 Å². The highest BCUT2D eigenvalue weighted by atomic mass is 16.4. The second kappa shape index (κ2) is 8.44. The summed E-state index contributed by atoms with van der Waals surface area (Å²) in [7, 11) is 0. The van der Waals surface area contributed by atoms with E-state index in [-0.39, 0.29) is 23.9 Å². The third-order valence-electron chi connectivity index (χ3n) is 4.45. The highest BCUT2D eigenvalue weighted by Gasteiger charge is 2.41. The Morgan fingerprint density at radius 3 is 2.00 bits per heavy atom. The molecule has 3 rings (SSSR count). The molecule has 7 heteroatoms. The average molecular weight is 359 g/mol. The third-order valence-corrected chi connectivity index (χ3v) is 4.45. The maximum atomic E-state index is 12.5. The molecule has 7 nitrogen and oxygen atoms in total. The third kappa shape index (κ3) is 4.37. The lowest BCUT2D eigenvalue weighted by Gasteiger charge is -2.38. The lowest BCUT2D eigenvalue weighted by atomic mass is 9.77. The van der Waals surface area contributed by atoms with Crippen LogP contribution in [0, 0.1) is 11.8 Å². The molecule has 1 aromatic carbocycles. The van der Waals surface area contributed by atoms with Gasteiger partial charge in [0.25, 0.3) is 0 Å². The number of carbonyl (C=O) groups is 3. The van der Waals surface area contributed by atoms with Crippen molar-refractivity contribution in [2.24, 2.45) is 11.8 Å². The predicted molar refractivity (Wildman–Crippen MR) is 92.4 cm³/mol. The van der Waals surface area contributed by atoms with Gasteiger partial charge in [0.15, 0.2) is 0 Å². The molecule has 1 aromatic heterocycles. The van der Waals surface area contributed by atoms with E-state index in [0.717, 1.165) is 11.3 Å². The van der Waals surface area contributed by atoms with Crippen molar-refractivity contribution in [1.82, 2.24) is 5.32 Å². The zero-order chi connectivity index (χ0) is 19.3. The van der Waals surface area contributed by atoms with Crippen molar-refractivity contribution in [1.29, 1.82) is 0 Å². The van der Waals surface area contributed by atoms with Crippen LogP contribution in [0.25, 0.3) is 0 Å². The van der Waals surface area contributed by atoms with Crippen molar-refractivity contribution < 1.29 is 29.0 Å². The van der Waals surface area contributed by atoms with Crippen LogP contribution in [-0.2, 0) is 14.4 Å². The fraction of sp³-hybridized carbons (Fsp3) is 0.316. The molecule has 0 radical (unpaired) electrons. The quantitative estimate of drug-likeness (QED) is 0.706. The molecule has 1 aliphatic heterocycles. The molecule has 2 heterocycles. The van der Waals surface area contributed by atoms with Crippen LogP contribution >= 0.6 is 0 Å². The molecule has 0 spiro atoms. The lowest BCUT2D eigenvalue weighted by Crippen LogP contribution is -2.46. The van der Waals surface area contributed by atoms with Gasteiger partial charge in [-0.15, -0.1) is 0 Å². The highest BCUT2D eigenvalue weighted by molar-refractivity contribution is 6.27. The van der Waals surface area contributed by atoms with Gasteiger partial charge in [-0.25, -0.2) is 9.59 Å². The first-order valence-electron chi connectivity index (χ1n) is 8.17. The Morgan fingerprint density at radius 1 is 0.923 bits per heavy atom. The largest absolute Gasteiger partial charge is 0.473 e. The molecule has 1 saturated heterocycles. The number of rotatable bonds is 2. The molecule has 3 N–H and O–H groups in total. The Labute approximate surface area is 150 Å².